The van der Waals surface area contributed by atoms with Crippen LogP contribution in [0, 0.1) is 0 Å². The Balaban J connectivity index is 1.43. The molecule has 0 saturated carbocycles. The lowest BCUT2D eigenvalue weighted by atomic mass is 10.0. The average molecular weight is 721 g/mol. The monoisotopic (exact) mass is 719 g/mol. The van der Waals surface area contributed by atoms with E-state index in [9.17, 15) is 18.0 Å². The lowest BCUT2D eigenvalue weighted by Gasteiger charge is -2.20. The van der Waals surface area contributed by atoms with Crippen LogP contribution >= 0.6 is 23.2 Å². The lowest BCUT2D eigenvalue weighted by molar-refractivity contribution is -0.121. The highest BCUT2D eigenvalue weighted by atomic mass is 35.5. The van der Waals surface area contributed by atoms with Gasteiger partial charge in [-0.25, -0.2) is 18.2 Å². The number of halogens is 2. The van der Waals surface area contributed by atoms with Gasteiger partial charge in [-0.2, -0.15) is 0 Å². The summed E-state index contributed by atoms with van der Waals surface area (Å²) in [5.74, 6) is 0.459. The first-order valence-corrected chi connectivity index (χ1v) is 18.3. The number of sulfone groups is 1. The molecule has 12 heteroatoms. The number of nitrogens with zero attached hydrogens (tertiary/aromatic N) is 2. The second kappa shape index (κ2) is 15.7. The van der Waals surface area contributed by atoms with Crippen LogP contribution in [0.25, 0.3) is 11.3 Å². The number of carbonyl (C=O) groups is 2. The minimum atomic E-state index is -3.36. The van der Waals surface area contributed by atoms with Crippen LogP contribution in [0.4, 0.5) is 0 Å². The predicted molar refractivity (Wildman–Crippen MR) is 190 cm³/mol. The Labute approximate surface area is 295 Å². The number of hydrogen-bond donors (Lipinski definition) is 2. The smallest absolute Gasteiger partial charge is 0.335 e. The first-order valence-electron chi connectivity index (χ1n) is 15.6. The molecular weight excluding hydrogens is 685 g/mol. The van der Waals surface area contributed by atoms with Gasteiger partial charge in [0, 0.05) is 29.6 Å². The van der Waals surface area contributed by atoms with Crippen LogP contribution in [-0.2, 0) is 34.0 Å². The van der Waals surface area contributed by atoms with Gasteiger partial charge in [0.1, 0.15) is 17.3 Å². The van der Waals surface area contributed by atoms with Crippen LogP contribution in [0.2, 0.25) is 10.0 Å². The molecule has 1 aromatic heterocycles. The number of nitrogens with one attached hydrogen (secondary N) is 1. The molecule has 1 heterocycles. The van der Waals surface area contributed by atoms with Crippen LogP contribution in [0.3, 0.4) is 0 Å². The number of benzene rings is 4. The molecule has 1 amide bonds. The molecule has 5 aromatic rings. The van der Waals surface area contributed by atoms with Gasteiger partial charge >= 0.3 is 5.97 Å². The van der Waals surface area contributed by atoms with Crippen molar-refractivity contribution >= 4 is 44.9 Å². The molecule has 0 aliphatic carbocycles. The molecule has 49 heavy (non-hydrogen) atoms. The van der Waals surface area contributed by atoms with Crippen molar-refractivity contribution in [3.05, 3.63) is 130 Å². The number of aromatic carboxylic acids is 1. The molecule has 0 fully saturated rings. The first-order chi connectivity index (χ1) is 23.4. The van der Waals surface area contributed by atoms with E-state index in [1.165, 1.54) is 24.3 Å². The number of unbranched alkanes of at least 4 members (excludes halogenated alkanes) is 1. The summed E-state index contributed by atoms with van der Waals surface area (Å²) in [5.41, 5.74) is 3.12. The van der Waals surface area contributed by atoms with E-state index in [1.807, 2.05) is 41.1 Å². The van der Waals surface area contributed by atoms with Crippen LogP contribution in [0.1, 0.15) is 53.1 Å². The Bertz CT molecular complexity index is 2050. The van der Waals surface area contributed by atoms with Crippen molar-refractivity contribution in [2.75, 3.05) is 6.26 Å². The van der Waals surface area contributed by atoms with E-state index in [1.54, 1.807) is 36.4 Å². The number of carbonyl (C=O) groups excluding carboxylic acids is 1. The second-order valence-corrected chi connectivity index (χ2v) is 14.5. The average Bonchev–Trinajstić information content (AvgIpc) is 3.48. The molecule has 0 aliphatic rings. The largest absolute Gasteiger partial charge is 0.478 e. The Hall–Kier alpha value is -4.64. The molecule has 4 aromatic carbocycles. The fourth-order valence-electron chi connectivity index (χ4n) is 5.27. The SMILES string of the molecule is CCCCn1cc(-c2ccc(Cl)cc2Cl)nc1[C@H](Cc1ccc(Oc2ccc(C(=O)O)cc2)cc1)NC(=O)Cc1ccc(S(C)(=O)=O)cc1. The number of carboxylic acids is 1. The standard InChI is InChI=1S/C37H35Cl2N3O6S/c1-3-4-19-42-23-34(31-18-11-27(38)22-32(31)39)41-36(42)33(40-35(43)21-25-7-16-30(17-8-25)49(2,46)47)20-24-5-12-28(13-6-24)48-29-14-9-26(10-15-29)37(44)45/h5-18,22-23,33H,3-4,19-21H2,1-2H3,(H,40,43)(H,44,45)/t33-/m0/s1. The van der Waals surface area contributed by atoms with Crippen LogP contribution in [0.15, 0.2) is 102 Å². The summed E-state index contributed by atoms with van der Waals surface area (Å²) in [4.78, 5) is 29.9. The van der Waals surface area contributed by atoms with Crippen molar-refractivity contribution < 1.29 is 27.9 Å². The zero-order chi connectivity index (χ0) is 35.1. The first kappa shape index (κ1) is 35.7. The number of rotatable bonds is 14. The number of amides is 1. The van der Waals surface area contributed by atoms with Gasteiger partial charge in [-0.1, -0.05) is 60.8 Å². The number of hydrogen-bond acceptors (Lipinski definition) is 6. The van der Waals surface area contributed by atoms with Gasteiger partial charge in [0.05, 0.1) is 33.6 Å². The summed E-state index contributed by atoms with van der Waals surface area (Å²) in [7, 11) is -3.36. The van der Waals surface area contributed by atoms with Crippen molar-refractivity contribution in [2.24, 2.45) is 0 Å². The van der Waals surface area contributed by atoms with E-state index >= 15 is 0 Å². The minimum Gasteiger partial charge on any atom is -0.478 e. The zero-order valence-electron chi connectivity index (χ0n) is 26.9. The Morgan fingerprint density at radius 2 is 1.55 bits per heavy atom. The molecule has 0 unspecified atom stereocenters. The number of carboxylic acid groups (broad SMARTS) is 1. The summed E-state index contributed by atoms with van der Waals surface area (Å²) in [6, 6.07) is 24.6. The molecule has 2 N–H and O–H groups in total. The van der Waals surface area contributed by atoms with E-state index in [4.69, 9.17) is 38.0 Å². The molecule has 0 saturated heterocycles. The molecule has 0 bridgehead atoms. The Kier molecular flexibility index (Phi) is 11.4. The van der Waals surface area contributed by atoms with Crippen molar-refractivity contribution in [3.63, 3.8) is 0 Å². The van der Waals surface area contributed by atoms with Gasteiger partial charge in [-0.15, -0.1) is 0 Å². The molecule has 5 rings (SSSR count). The lowest BCUT2D eigenvalue weighted by Crippen LogP contribution is -2.33. The molecule has 1 atom stereocenters. The normalized spacial score (nSPS) is 12.0. The molecule has 9 nitrogen and oxygen atoms in total. The van der Waals surface area contributed by atoms with Crippen molar-refractivity contribution in [1.29, 1.82) is 0 Å². The summed E-state index contributed by atoms with van der Waals surface area (Å²) in [5, 5.41) is 13.3. The van der Waals surface area contributed by atoms with Crippen molar-refractivity contribution in [3.8, 4) is 22.8 Å². The van der Waals surface area contributed by atoms with Gasteiger partial charge in [-0.3, -0.25) is 4.79 Å². The van der Waals surface area contributed by atoms with E-state index in [-0.39, 0.29) is 22.8 Å². The number of aromatic nitrogens is 2. The van der Waals surface area contributed by atoms with Gasteiger partial charge in [-0.05, 0) is 90.7 Å². The third-order valence-corrected chi connectivity index (χ3v) is 9.51. The third-order valence-electron chi connectivity index (χ3n) is 7.83. The molecule has 0 aliphatic heterocycles. The highest BCUT2D eigenvalue weighted by Gasteiger charge is 2.23. The number of imidazole rings is 1. The van der Waals surface area contributed by atoms with Crippen LogP contribution in [0.5, 0.6) is 11.5 Å². The Morgan fingerprint density at radius 1 is 0.918 bits per heavy atom. The maximum Gasteiger partial charge on any atom is 0.335 e. The number of aryl methyl sites for hydroxylation is 1. The quantitative estimate of drug-likeness (QED) is 0.118. The molecular formula is C37H35Cl2N3O6S. The second-order valence-electron chi connectivity index (χ2n) is 11.6. The molecule has 254 valence electrons. The topological polar surface area (TPSA) is 128 Å². The zero-order valence-corrected chi connectivity index (χ0v) is 29.2. The summed E-state index contributed by atoms with van der Waals surface area (Å²) in [6.07, 6.45) is 5.38. The highest BCUT2D eigenvalue weighted by molar-refractivity contribution is 7.90. The summed E-state index contributed by atoms with van der Waals surface area (Å²) >= 11 is 12.7. The van der Waals surface area contributed by atoms with Crippen molar-refractivity contribution in [1.82, 2.24) is 14.9 Å². The van der Waals surface area contributed by atoms with Gasteiger partial charge in [0.25, 0.3) is 0 Å². The summed E-state index contributed by atoms with van der Waals surface area (Å²) in [6.45, 7) is 2.78. The fourth-order valence-corrected chi connectivity index (χ4v) is 6.40. The molecule has 0 radical (unpaired) electrons. The van der Waals surface area contributed by atoms with E-state index in [2.05, 4.69) is 12.2 Å². The van der Waals surface area contributed by atoms with Crippen LogP contribution < -0.4 is 10.1 Å². The molecule has 0 spiro atoms. The highest BCUT2D eigenvalue weighted by Crippen LogP contribution is 2.32. The van der Waals surface area contributed by atoms with Crippen molar-refractivity contribution in [2.45, 2.75) is 50.1 Å². The third kappa shape index (κ3) is 9.50. The summed E-state index contributed by atoms with van der Waals surface area (Å²) < 4.78 is 31.8. The van der Waals surface area contributed by atoms with Gasteiger partial charge in [0.15, 0.2) is 9.84 Å². The van der Waals surface area contributed by atoms with Crippen LogP contribution in [-0.4, -0.2) is 41.2 Å². The van der Waals surface area contributed by atoms with Gasteiger partial charge in [0.2, 0.25) is 5.91 Å². The maximum atomic E-state index is 13.5. The van der Waals surface area contributed by atoms with E-state index in [0.717, 1.165) is 30.2 Å². The number of ether oxygens (including phenoxy) is 1. The van der Waals surface area contributed by atoms with E-state index in [0.29, 0.717) is 51.6 Å². The minimum absolute atomic E-state index is 0.0412. The predicted octanol–water partition coefficient (Wildman–Crippen LogP) is 8.19. The maximum absolute atomic E-state index is 13.5. The fraction of sp³-hybridized carbons (Fsp3) is 0.216. The van der Waals surface area contributed by atoms with E-state index < -0.39 is 21.8 Å². The van der Waals surface area contributed by atoms with Gasteiger partial charge < -0.3 is 19.7 Å². The Morgan fingerprint density at radius 3 is 2.14 bits per heavy atom.